The molecule has 2 heteroatoms. The minimum absolute atomic E-state index is 0.534. The van der Waals surface area contributed by atoms with Gasteiger partial charge in [-0.1, -0.05) is 18.2 Å². The second-order valence-corrected chi connectivity index (χ2v) is 4.13. The van der Waals surface area contributed by atoms with Gasteiger partial charge in [0.25, 0.3) is 0 Å². The highest BCUT2D eigenvalue weighted by Crippen LogP contribution is 2.34. The average Bonchev–Trinajstić information content (AvgIpc) is 2.55. The van der Waals surface area contributed by atoms with Gasteiger partial charge < -0.3 is 9.69 Å². The van der Waals surface area contributed by atoms with E-state index in [1.807, 2.05) is 0 Å². The fourth-order valence-corrected chi connectivity index (χ4v) is 2.55. The topological polar surface area (TPSA) is 20.3 Å². The maximum absolute atomic E-state index is 10.6. The highest BCUT2D eigenvalue weighted by molar-refractivity contribution is 5.69. The number of benzene rings is 1. The number of likely N-dealkylation sites (N-methyl/N-ethyl adjacent to an activating group) is 1. The maximum Gasteiger partial charge on any atom is 0.124 e. The number of fused-ring (bicyclic) bond motifs is 1. The highest BCUT2D eigenvalue weighted by atomic mass is 16.1. The fourth-order valence-electron chi connectivity index (χ4n) is 2.55. The van der Waals surface area contributed by atoms with Gasteiger partial charge in [-0.15, -0.1) is 0 Å². The molecule has 1 aliphatic heterocycles. The number of hydrogen-bond donors (Lipinski definition) is 0. The maximum atomic E-state index is 10.6. The molecule has 1 aromatic rings. The average molecular weight is 203 g/mol. The van der Waals surface area contributed by atoms with E-state index in [1.54, 1.807) is 0 Å². The Morgan fingerprint density at radius 1 is 1.53 bits per heavy atom. The molecule has 1 aliphatic rings. The Hall–Kier alpha value is -1.31. The number of rotatable bonds is 3. The zero-order valence-corrected chi connectivity index (χ0v) is 9.36. The van der Waals surface area contributed by atoms with Gasteiger partial charge in [-0.05, 0) is 31.4 Å². The van der Waals surface area contributed by atoms with Crippen LogP contribution in [-0.4, -0.2) is 18.9 Å². The molecule has 0 saturated carbocycles. The van der Waals surface area contributed by atoms with Gasteiger partial charge in [-0.3, -0.25) is 0 Å². The summed E-state index contributed by atoms with van der Waals surface area (Å²) in [5.41, 5.74) is 3.87. The van der Waals surface area contributed by atoms with E-state index in [1.165, 1.54) is 16.8 Å². The predicted molar refractivity (Wildman–Crippen MR) is 62.4 cm³/mol. The summed E-state index contributed by atoms with van der Waals surface area (Å²) in [5, 5.41) is 0. The smallest absolute Gasteiger partial charge is 0.124 e. The van der Waals surface area contributed by atoms with E-state index in [0.717, 1.165) is 19.3 Å². The van der Waals surface area contributed by atoms with Gasteiger partial charge in [0.1, 0.15) is 6.29 Å². The van der Waals surface area contributed by atoms with Crippen LogP contribution >= 0.6 is 0 Å². The standard InChI is InChI=1S/C13H17NO/c1-3-14-10(2)9-12-6-4-5-11(7-8-15)13(12)14/h4-6,8,10H,3,7,9H2,1-2H3. The quantitative estimate of drug-likeness (QED) is 0.702. The molecule has 2 rings (SSSR count). The molecule has 0 saturated heterocycles. The van der Waals surface area contributed by atoms with Crippen molar-refractivity contribution in [1.82, 2.24) is 0 Å². The van der Waals surface area contributed by atoms with Gasteiger partial charge in [0.05, 0.1) is 0 Å². The monoisotopic (exact) mass is 203 g/mol. The van der Waals surface area contributed by atoms with Crippen molar-refractivity contribution in [2.75, 3.05) is 11.4 Å². The Morgan fingerprint density at radius 3 is 3.00 bits per heavy atom. The van der Waals surface area contributed by atoms with Gasteiger partial charge in [-0.2, -0.15) is 0 Å². The third-order valence-corrected chi connectivity index (χ3v) is 3.18. The van der Waals surface area contributed by atoms with Crippen molar-refractivity contribution < 1.29 is 4.79 Å². The number of anilines is 1. The first-order chi connectivity index (χ1) is 7.27. The summed E-state index contributed by atoms with van der Waals surface area (Å²) in [6, 6.07) is 6.87. The van der Waals surface area contributed by atoms with Gasteiger partial charge in [0.15, 0.2) is 0 Å². The zero-order chi connectivity index (χ0) is 10.8. The number of carbonyl (C=O) groups is 1. The van der Waals surface area contributed by atoms with Gasteiger partial charge in [-0.25, -0.2) is 0 Å². The van der Waals surface area contributed by atoms with Crippen molar-refractivity contribution >= 4 is 12.0 Å². The molecule has 0 bridgehead atoms. The minimum atomic E-state index is 0.534. The predicted octanol–water partition coefficient (Wildman–Crippen LogP) is 2.20. The van der Waals surface area contributed by atoms with Crippen LogP contribution in [0.3, 0.4) is 0 Å². The Bertz CT molecular complexity index is 373. The number of para-hydroxylation sites is 1. The lowest BCUT2D eigenvalue weighted by atomic mass is 10.0. The van der Waals surface area contributed by atoms with E-state index in [2.05, 4.69) is 36.9 Å². The van der Waals surface area contributed by atoms with Crippen molar-refractivity contribution in [2.45, 2.75) is 32.7 Å². The number of nitrogens with zero attached hydrogens (tertiary/aromatic N) is 1. The van der Waals surface area contributed by atoms with E-state index in [4.69, 9.17) is 0 Å². The first-order valence-corrected chi connectivity index (χ1v) is 5.59. The molecule has 1 unspecified atom stereocenters. The van der Waals surface area contributed by atoms with Crippen LogP contribution in [0.2, 0.25) is 0 Å². The lowest BCUT2D eigenvalue weighted by Crippen LogP contribution is -2.29. The number of aldehydes is 1. The molecule has 1 heterocycles. The van der Waals surface area contributed by atoms with Crippen LogP contribution in [0.5, 0.6) is 0 Å². The summed E-state index contributed by atoms with van der Waals surface area (Å²) in [6.45, 7) is 5.43. The molecule has 0 N–H and O–H groups in total. The Balaban J connectivity index is 2.45. The molecule has 0 aromatic heterocycles. The third kappa shape index (κ3) is 1.65. The molecule has 0 aliphatic carbocycles. The van der Waals surface area contributed by atoms with E-state index in [9.17, 15) is 4.79 Å². The number of carbonyl (C=O) groups excluding carboxylic acids is 1. The summed E-state index contributed by atoms with van der Waals surface area (Å²) in [7, 11) is 0. The van der Waals surface area contributed by atoms with Gasteiger partial charge >= 0.3 is 0 Å². The number of hydrogen-bond acceptors (Lipinski definition) is 2. The largest absolute Gasteiger partial charge is 0.368 e. The highest BCUT2D eigenvalue weighted by Gasteiger charge is 2.26. The van der Waals surface area contributed by atoms with Gasteiger partial charge in [0.2, 0.25) is 0 Å². The summed E-state index contributed by atoms with van der Waals surface area (Å²) >= 11 is 0. The Morgan fingerprint density at radius 2 is 2.33 bits per heavy atom. The summed E-state index contributed by atoms with van der Waals surface area (Å²) in [5.74, 6) is 0. The molecule has 2 nitrogen and oxygen atoms in total. The second kappa shape index (κ2) is 4.05. The third-order valence-electron chi connectivity index (χ3n) is 3.18. The summed E-state index contributed by atoms with van der Waals surface area (Å²) in [6.07, 6.45) is 2.63. The Kier molecular flexibility index (Phi) is 2.76. The molecule has 0 fully saturated rings. The van der Waals surface area contributed by atoms with Crippen LogP contribution in [-0.2, 0) is 17.6 Å². The minimum Gasteiger partial charge on any atom is -0.368 e. The molecule has 0 amide bonds. The fraction of sp³-hybridized carbons (Fsp3) is 0.462. The first kappa shape index (κ1) is 10.2. The van der Waals surface area contributed by atoms with Crippen LogP contribution in [0.1, 0.15) is 25.0 Å². The van der Waals surface area contributed by atoms with Crippen molar-refractivity contribution in [3.8, 4) is 0 Å². The second-order valence-electron chi connectivity index (χ2n) is 4.13. The van der Waals surface area contributed by atoms with E-state index in [0.29, 0.717) is 12.5 Å². The van der Waals surface area contributed by atoms with Crippen molar-refractivity contribution in [1.29, 1.82) is 0 Å². The summed E-state index contributed by atoms with van der Waals surface area (Å²) < 4.78 is 0. The SMILES string of the molecule is CCN1c2c(CC=O)cccc2CC1C. The van der Waals surface area contributed by atoms with E-state index >= 15 is 0 Å². The van der Waals surface area contributed by atoms with Gasteiger partial charge in [0, 0.05) is 24.7 Å². The van der Waals surface area contributed by atoms with Crippen LogP contribution in [0.15, 0.2) is 18.2 Å². The van der Waals surface area contributed by atoms with E-state index in [-0.39, 0.29) is 0 Å². The van der Waals surface area contributed by atoms with E-state index < -0.39 is 0 Å². The van der Waals surface area contributed by atoms with Crippen LogP contribution in [0, 0.1) is 0 Å². The van der Waals surface area contributed by atoms with Crippen molar-refractivity contribution in [3.05, 3.63) is 29.3 Å². The van der Waals surface area contributed by atoms with Crippen LogP contribution < -0.4 is 4.90 Å². The zero-order valence-electron chi connectivity index (χ0n) is 9.36. The Labute approximate surface area is 90.9 Å². The molecule has 0 radical (unpaired) electrons. The lowest BCUT2D eigenvalue weighted by molar-refractivity contribution is -0.107. The molecule has 1 atom stereocenters. The molecule has 15 heavy (non-hydrogen) atoms. The van der Waals surface area contributed by atoms with Crippen molar-refractivity contribution in [2.24, 2.45) is 0 Å². The van der Waals surface area contributed by atoms with Crippen LogP contribution in [0.4, 0.5) is 5.69 Å². The molecule has 0 spiro atoms. The molecule has 1 aromatic carbocycles. The lowest BCUT2D eigenvalue weighted by Gasteiger charge is -2.24. The van der Waals surface area contributed by atoms with Crippen LogP contribution in [0.25, 0.3) is 0 Å². The molecule has 80 valence electrons. The first-order valence-electron chi connectivity index (χ1n) is 5.59. The van der Waals surface area contributed by atoms with Crippen molar-refractivity contribution in [3.63, 3.8) is 0 Å². The normalized spacial score (nSPS) is 19.1. The molecular formula is C13H17NO. The molecular weight excluding hydrogens is 186 g/mol. The summed E-state index contributed by atoms with van der Waals surface area (Å²) in [4.78, 5) is 13.0.